The fourth-order valence-electron chi connectivity index (χ4n) is 2.77. The second kappa shape index (κ2) is 6.77. The first-order valence-electron chi connectivity index (χ1n) is 7.57. The highest BCUT2D eigenvalue weighted by Gasteiger charge is 2.10. The predicted octanol–water partition coefficient (Wildman–Crippen LogP) is 3.83. The number of anilines is 1. The Hall–Kier alpha value is -1.80. The molecule has 0 amide bonds. The van der Waals surface area contributed by atoms with Crippen LogP contribution in [0.15, 0.2) is 42.5 Å². The van der Waals surface area contributed by atoms with Gasteiger partial charge in [-0.15, -0.1) is 0 Å². The minimum Gasteiger partial charge on any atom is -0.370 e. The molecule has 0 heterocycles. The number of benzene rings is 2. The van der Waals surface area contributed by atoms with E-state index in [2.05, 4.69) is 75.2 Å². The first kappa shape index (κ1) is 15.6. The van der Waals surface area contributed by atoms with E-state index in [0.717, 1.165) is 13.0 Å². The van der Waals surface area contributed by atoms with Crippen molar-refractivity contribution in [3.63, 3.8) is 0 Å². The van der Waals surface area contributed by atoms with Crippen LogP contribution in [0.1, 0.15) is 29.2 Å². The van der Waals surface area contributed by atoms with Gasteiger partial charge in [0.05, 0.1) is 0 Å². The molecule has 0 aliphatic heterocycles. The quantitative estimate of drug-likeness (QED) is 0.903. The van der Waals surface area contributed by atoms with E-state index in [4.69, 9.17) is 5.73 Å². The maximum Gasteiger partial charge on any atom is 0.0426 e. The van der Waals surface area contributed by atoms with Gasteiger partial charge in [-0.05, 0) is 44.4 Å². The largest absolute Gasteiger partial charge is 0.370 e. The summed E-state index contributed by atoms with van der Waals surface area (Å²) in [6.07, 6.45) is 0.912. The summed E-state index contributed by atoms with van der Waals surface area (Å²) in [4.78, 5) is 2.31. The average Bonchev–Trinajstić information content (AvgIpc) is 2.37. The van der Waals surface area contributed by atoms with E-state index < -0.39 is 0 Å². The van der Waals surface area contributed by atoms with Crippen molar-refractivity contribution in [2.75, 3.05) is 11.9 Å². The van der Waals surface area contributed by atoms with Crippen molar-refractivity contribution >= 4 is 5.69 Å². The lowest BCUT2D eigenvalue weighted by molar-refractivity contribution is 0.733. The fraction of sp³-hybridized carbons (Fsp3) is 0.368. The smallest absolute Gasteiger partial charge is 0.0426 e. The zero-order valence-corrected chi connectivity index (χ0v) is 13.6. The van der Waals surface area contributed by atoms with Gasteiger partial charge in [0.2, 0.25) is 0 Å². The molecule has 0 fully saturated rings. The van der Waals surface area contributed by atoms with Crippen LogP contribution in [-0.2, 0) is 13.0 Å². The van der Waals surface area contributed by atoms with Crippen LogP contribution in [0.4, 0.5) is 5.69 Å². The zero-order chi connectivity index (χ0) is 15.4. The summed E-state index contributed by atoms with van der Waals surface area (Å²) in [6.45, 7) is 7.25. The lowest BCUT2D eigenvalue weighted by atomic mass is 10.0. The van der Waals surface area contributed by atoms with Crippen molar-refractivity contribution in [2.24, 2.45) is 5.73 Å². The van der Waals surface area contributed by atoms with Crippen LogP contribution in [0.2, 0.25) is 0 Å². The van der Waals surface area contributed by atoms with Crippen molar-refractivity contribution < 1.29 is 0 Å². The molecular formula is C19H26N2. The van der Waals surface area contributed by atoms with Gasteiger partial charge in [0, 0.05) is 25.3 Å². The van der Waals surface area contributed by atoms with E-state index in [1.165, 1.54) is 27.9 Å². The maximum absolute atomic E-state index is 6.00. The number of nitrogens with zero attached hydrogens (tertiary/aromatic N) is 1. The molecule has 2 aromatic carbocycles. The van der Waals surface area contributed by atoms with Gasteiger partial charge in [0.15, 0.2) is 0 Å². The molecule has 0 radical (unpaired) electrons. The van der Waals surface area contributed by atoms with Crippen molar-refractivity contribution in [3.05, 3.63) is 64.7 Å². The van der Waals surface area contributed by atoms with E-state index in [1.807, 2.05) is 0 Å². The summed E-state index contributed by atoms with van der Waals surface area (Å²) in [5.41, 5.74) is 12.5. The molecule has 0 saturated carbocycles. The van der Waals surface area contributed by atoms with E-state index in [9.17, 15) is 0 Å². The highest BCUT2D eigenvalue weighted by Crippen LogP contribution is 2.24. The molecule has 2 nitrogen and oxygen atoms in total. The van der Waals surface area contributed by atoms with Gasteiger partial charge >= 0.3 is 0 Å². The summed E-state index contributed by atoms with van der Waals surface area (Å²) >= 11 is 0. The topological polar surface area (TPSA) is 29.3 Å². The van der Waals surface area contributed by atoms with Gasteiger partial charge in [-0.1, -0.05) is 47.5 Å². The molecule has 2 aromatic rings. The first-order valence-corrected chi connectivity index (χ1v) is 7.57. The highest BCUT2D eigenvalue weighted by molar-refractivity contribution is 5.55. The molecule has 112 valence electrons. The van der Waals surface area contributed by atoms with Gasteiger partial charge in [-0.2, -0.15) is 0 Å². The molecule has 2 N–H and O–H groups in total. The summed E-state index contributed by atoms with van der Waals surface area (Å²) in [5, 5.41) is 0. The fourth-order valence-corrected chi connectivity index (χ4v) is 2.77. The SMILES string of the molecule is Cc1cccc(CN(C)c2ccc(C)cc2CC(C)N)c1. The van der Waals surface area contributed by atoms with Crippen LogP contribution in [0.25, 0.3) is 0 Å². The number of rotatable bonds is 5. The van der Waals surface area contributed by atoms with Crippen LogP contribution in [-0.4, -0.2) is 13.1 Å². The minimum absolute atomic E-state index is 0.179. The normalized spacial score (nSPS) is 12.2. The van der Waals surface area contributed by atoms with E-state index in [1.54, 1.807) is 0 Å². The summed E-state index contributed by atoms with van der Waals surface area (Å²) in [7, 11) is 2.15. The maximum atomic E-state index is 6.00. The number of hydrogen-bond acceptors (Lipinski definition) is 2. The second-order valence-corrected chi connectivity index (χ2v) is 6.16. The zero-order valence-electron chi connectivity index (χ0n) is 13.6. The van der Waals surface area contributed by atoms with Crippen molar-refractivity contribution in [1.82, 2.24) is 0 Å². The molecule has 1 unspecified atom stereocenters. The Labute approximate surface area is 128 Å². The number of hydrogen-bond donors (Lipinski definition) is 1. The second-order valence-electron chi connectivity index (χ2n) is 6.16. The van der Waals surface area contributed by atoms with E-state index in [0.29, 0.717) is 0 Å². The average molecular weight is 282 g/mol. The monoisotopic (exact) mass is 282 g/mol. The van der Waals surface area contributed by atoms with Crippen molar-refractivity contribution in [3.8, 4) is 0 Å². The molecule has 0 aromatic heterocycles. The van der Waals surface area contributed by atoms with Crippen LogP contribution in [0.3, 0.4) is 0 Å². The lowest BCUT2D eigenvalue weighted by Crippen LogP contribution is -2.22. The Balaban J connectivity index is 2.23. The van der Waals surface area contributed by atoms with Crippen LogP contribution >= 0.6 is 0 Å². The van der Waals surface area contributed by atoms with Gasteiger partial charge in [0.1, 0.15) is 0 Å². The molecule has 2 rings (SSSR count). The lowest BCUT2D eigenvalue weighted by Gasteiger charge is -2.24. The Morgan fingerprint density at radius 2 is 1.76 bits per heavy atom. The summed E-state index contributed by atoms with van der Waals surface area (Å²) < 4.78 is 0. The molecule has 0 aliphatic rings. The Kier molecular flexibility index (Phi) is 5.03. The third-order valence-corrected chi connectivity index (χ3v) is 3.69. The Morgan fingerprint density at radius 1 is 1.05 bits per heavy atom. The van der Waals surface area contributed by atoms with Gasteiger partial charge in [-0.3, -0.25) is 0 Å². The molecule has 0 aliphatic carbocycles. The van der Waals surface area contributed by atoms with Gasteiger partial charge in [-0.25, -0.2) is 0 Å². The molecular weight excluding hydrogens is 256 g/mol. The van der Waals surface area contributed by atoms with Crippen molar-refractivity contribution in [2.45, 2.75) is 39.8 Å². The molecule has 21 heavy (non-hydrogen) atoms. The Bertz CT molecular complexity index is 602. The van der Waals surface area contributed by atoms with Crippen molar-refractivity contribution in [1.29, 1.82) is 0 Å². The van der Waals surface area contributed by atoms with E-state index >= 15 is 0 Å². The number of nitrogens with two attached hydrogens (primary N) is 1. The Morgan fingerprint density at radius 3 is 2.43 bits per heavy atom. The van der Waals surface area contributed by atoms with E-state index in [-0.39, 0.29) is 6.04 Å². The third kappa shape index (κ3) is 4.33. The van der Waals surface area contributed by atoms with Crippen LogP contribution in [0, 0.1) is 13.8 Å². The molecule has 0 saturated heterocycles. The standard InChI is InChI=1S/C19H26N2/c1-14-6-5-7-17(10-14)13-21(4)19-9-8-15(2)11-18(19)12-16(3)20/h5-11,16H,12-13,20H2,1-4H3. The number of aryl methyl sites for hydroxylation is 2. The third-order valence-electron chi connectivity index (χ3n) is 3.69. The minimum atomic E-state index is 0.179. The van der Waals surface area contributed by atoms with Gasteiger partial charge in [0.25, 0.3) is 0 Å². The molecule has 2 heteroatoms. The molecule has 1 atom stereocenters. The molecule has 0 bridgehead atoms. The highest BCUT2D eigenvalue weighted by atomic mass is 15.1. The van der Waals surface area contributed by atoms with Gasteiger partial charge < -0.3 is 10.6 Å². The summed E-state index contributed by atoms with van der Waals surface area (Å²) in [6, 6.07) is 15.5. The molecule has 0 spiro atoms. The first-order chi connectivity index (χ1) is 9.95. The van der Waals surface area contributed by atoms with Crippen LogP contribution in [0.5, 0.6) is 0 Å². The summed E-state index contributed by atoms with van der Waals surface area (Å²) in [5.74, 6) is 0. The van der Waals surface area contributed by atoms with Crippen LogP contribution < -0.4 is 10.6 Å². The predicted molar refractivity (Wildman–Crippen MR) is 91.8 cm³/mol.